The Kier molecular flexibility index (Phi) is 5.53. The van der Waals surface area contributed by atoms with Crippen LogP contribution in [-0.4, -0.2) is 29.7 Å². The van der Waals surface area contributed by atoms with Gasteiger partial charge in [-0.2, -0.15) is 0 Å². The van der Waals surface area contributed by atoms with Crippen LogP contribution in [0.5, 0.6) is 0 Å². The second-order valence-corrected chi connectivity index (χ2v) is 4.31. The smallest absolute Gasteiger partial charge is 0.0613 e. The van der Waals surface area contributed by atoms with Gasteiger partial charge in [-0.05, 0) is 12.8 Å². The van der Waals surface area contributed by atoms with E-state index in [1.807, 2.05) is 12.2 Å². The van der Waals surface area contributed by atoms with E-state index < -0.39 is 0 Å². The van der Waals surface area contributed by atoms with Gasteiger partial charge in [-0.1, -0.05) is 31.4 Å². The molecule has 1 saturated carbocycles. The van der Waals surface area contributed by atoms with Gasteiger partial charge in [-0.3, -0.25) is 0 Å². The molecule has 0 aromatic rings. The lowest BCUT2D eigenvalue weighted by molar-refractivity contribution is 0.125. The molecule has 2 N–H and O–H groups in total. The van der Waals surface area contributed by atoms with Crippen molar-refractivity contribution in [2.24, 2.45) is 0 Å². The van der Waals surface area contributed by atoms with Crippen molar-refractivity contribution in [2.75, 3.05) is 19.0 Å². The fourth-order valence-corrected chi connectivity index (χ4v) is 2.17. The monoisotopic (exact) mass is 217 g/mol. The van der Waals surface area contributed by atoms with Crippen LogP contribution in [0.1, 0.15) is 32.1 Å². The minimum absolute atomic E-state index is 0.0189. The summed E-state index contributed by atoms with van der Waals surface area (Å²) in [5.74, 6) is 0.563. The Balaban J connectivity index is 2.32. The first-order valence-electron chi connectivity index (χ1n) is 5.40. The minimum atomic E-state index is -0.0189. The van der Waals surface area contributed by atoms with E-state index in [2.05, 4.69) is 5.32 Å². The molecule has 3 heteroatoms. The third-order valence-corrected chi connectivity index (χ3v) is 3.14. The van der Waals surface area contributed by atoms with E-state index in [0.29, 0.717) is 5.88 Å². The molecule has 1 rings (SSSR count). The van der Waals surface area contributed by atoms with Crippen molar-refractivity contribution < 1.29 is 5.11 Å². The summed E-state index contributed by atoms with van der Waals surface area (Å²) in [5.41, 5.74) is -0.0189. The molecule has 0 atom stereocenters. The lowest BCUT2D eigenvalue weighted by atomic mass is 9.82. The molecule has 1 aliphatic rings. The first-order valence-corrected chi connectivity index (χ1v) is 5.93. The number of rotatable bonds is 5. The van der Waals surface area contributed by atoms with Crippen molar-refractivity contribution >= 4 is 11.6 Å². The summed E-state index contributed by atoms with van der Waals surface area (Å²) in [6, 6.07) is 0. The Labute approximate surface area is 91.3 Å². The van der Waals surface area contributed by atoms with E-state index in [1.165, 1.54) is 19.3 Å². The molecule has 0 amide bonds. The fraction of sp³-hybridized carbons (Fsp3) is 0.818. The predicted molar refractivity (Wildman–Crippen MR) is 60.8 cm³/mol. The van der Waals surface area contributed by atoms with Crippen LogP contribution in [0.15, 0.2) is 12.2 Å². The number of hydrogen-bond donors (Lipinski definition) is 2. The average Bonchev–Trinajstić information content (AvgIpc) is 2.26. The molecular formula is C11H20ClNO. The Morgan fingerprint density at radius 2 is 1.93 bits per heavy atom. The topological polar surface area (TPSA) is 32.3 Å². The van der Waals surface area contributed by atoms with Gasteiger partial charge in [0.1, 0.15) is 0 Å². The summed E-state index contributed by atoms with van der Waals surface area (Å²) in [5, 5.41) is 12.8. The van der Waals surface area contributed by atoms with Gasteiger partial charge in [0.2, 0.25) is 0 Å². The van der Waals surface area contributed by atoms with Gasteiger partial charge in [0.05, 0.1) is 6.61 Å². The number of alkyl halides is 1. The highest BCUT2D eigenvalue weighted by Crippen LogP contribution is 2.27. The maximum Gasteiger partial charge on any atom is 0.0613 e. The second-order valence-electron chi connectivity index (χ2n) is 4.01. The van der Waals surface area contributed by atoms with Crippen LogP contribution in [0.25, 0.3) is 0 Å². The first kappa shape index (κ1) is 12.0. The summed E-state index contributed by atoms with van der Waals surface area (Å²) in [6.07, 6.45) is 9.92. The largest absolute Gasteiger partial charge is 0.394 e. The number of allylic oxidation sites excluding steroid dienone is 1. The summed E-state index contributed by atoms with van der Waals surface area (Å²) < 4.78 is 0. The van der Waals surface area contributed by atoms with E-state index in [0.717, 1.165) is 19.4 Å². The predicted octanol–water partition coefficient (Wildman–Crippen LogP) is 2.07. The number of hydrogen-bond acceptors (Lipinski definition) is 2. The van der Waals surface area contributed by atoms with E-state index in [-0.39, 0.29) is 12.1 Å². The van der Waals surface area contributed by atoms with Crippen molar-refractivity contribution in [3.63, 3.8) is 0 Å². The SMILES string of the molecule is OCC1(NC/C=C/CCl)CCCCC1. The zero-order valence-electron chi connectivity index (χ0n) is 8.64. The number of nitrogens with one attached hydrogen (secondary N) is 1. The molecule has 1 aliphatic carbocycles. The average molecular weight is 218 g/mol. The van der Waals surface area contributed by atoms with E-state index in [1.54, 1.807) is 0 Å². The van der Waals surface area contributed by atoms with Gasteiger partial charge in [-0.25, -0.2) is 0 Å². The Hall–Kier alpha value is -0.0500. The molecule has 0 bridgehead atoms. The summed E-state index contributed by atoms with van der Waals surface area (Å²) in [6.45, 7) is 1.06. The third kappa shape index (κ3) is 3.60. The Bertz CT molecular complexity index is 176. The van der Waals surface area contributed by atoms with Gasteiger partial charge < -0.3 is 10.4 Å². The van der Waals surface area contributed by atoms with Crippen LogP contribution in [0, 0.1) is 0 Å². The van der Waals surface area contributed by atoms with Crippen molar-refractivity contribution in [1.29, 1.82) is 0 Å². The maximum atomic E-state index is 9.39. The molecule has 1 fully saturated rings. The molecule has 0 aromatic heterocycles. The fourth-order valence-electron chi connectivity index (χ4n) is 2.04. The molecule has 0 aromatic carbocycles. The lowest BCUT2D eigenvalue weighted by Gasteiger charge is -2.36. The number of aliphatic hydroxyl groups excluding tert-OH is 1. The summed E-state index contributed by atoms with van der Waals surface area (Å²) in [7, 11) is 0. The molecule has 0 saturated heterocycles. The molecule has 0 aliphatic heterocycles. The number of halogens is 1. The minimum Gasteiger partial charge on any atom is -0.394 e. The Morgan fingerprint density at radius 1 is 1.21 bits per heavy atom. The molecule has 0 radical (unpaired) electrons. The molecule has 82 valence electrons. The molecular weight excluding hydrogens is 198 g/mol. The standard InChI is InChI=1S/C11H20ClNO/c12-8-4-5-9-13-11(10-14)6-2-1-3-7-11/h4-5,13-14H,1-3,6-10H2/b5-4+. The van der Waals surface area contributed by atoms with Crippen LogP contribution in [-0.2, 0) is 0 Å². The molecule has 0 heterocycles. The summed E-state index contributed by atoms with van der Waals surface area (Å²) >= 11 is 5.53. The molecule has 14 heavy (non-hydrogen) atoms. The zero-order valence-corrected chi connectivity index (χ0v) is 9.39. The highest BCUT2D eigenvalue weighted by molar-refractivity contribution is 6.18. The third-order valence-electron chi connectivity index (χ3n) is 2.96. The van der Waals surface area contributed by atoms with E-state index in [4.69, 9.17) is 11.6 Å². The highest BCUT2D eigenvalue weighted by atomic mass is 35.5. The van der Waals surface area contributed by atoms with Gasteiger partial charge in [-0.15, -0.1) is 11.6 Å². The molecule has 0 unspecified atom stereocenters. The van der Waals surface area contributed by atoms with E-state index in [9.17, 15) is 5.11 Å². The highest BCUT2D eigenvalue weighted by Gasteiger charge is 2.29. The van der Waals surface area contributed by atoms with Crippen molar-refractivity contribution in [2.45, 2.75) is 37.6 Å². The van der Waals surface area contributed by atoms with Gasteiger partial charge >= 0.3 is 0 Å². The Morgan fingerprint density at radius 3 is 2.50 bits per heavy atom. The van der Waals surface area contributed by atoms with E-state index >= 15 is 0 Å². The molecule has 2 nitrogen and oxygen atoms in total. The first-order chi connectivity index (χ1) is 6.83. The van der Waals surface area contributed by atoms with Crippen molar-refractivity contribution in [3.05, 3.63) is 12.2 Å². The van der Waals surface area contributed by atoms with Crippen molar-refractivity contribution in [3.8, 4) is 0 Å². The number of aliphatic hydroxyl groups is 1. The van der Waals surface area contributed by atoms with Gasteiger partial charge in [0, 0.05) is 18.0 Å². The summed E-state index contributed by atoms with van der Waals surface area (Å²) in [4.78, 5) is 0. The van der Waals surface area contributed by atoms with Gasteiger partial charge in [0.15, 0.2) is 0 Å². The van der Waals surface area contributed by atoms with Crippen LogP contribution < -0.4 is 5.32 Å². The second kappa shape index (κ2) is 6.44. The zero-order chi connectivity index (χ0) is 10.3. The van der Waals surface area contributed by atoms with Crippen LogP contribution >= 0.6 is 11.6 Å². The quantitative estimate of drug-likeness (QED) is 0.546. The van der Waals surface area contributed by atoms with Gasteiger partial charge in [0.25, 0.3) is 0 Å². The lowest BCUT2D eigenvalue weighted by Crippen LogP contribution is -2.49. The van der Waals surface area contributed by atoms with Crippen LogP contribution in [0.4, 0.5) is 0 Å². The maximum absolute atomic E-state index is 9.39. The van der Waals surface area contributed by atoms with Crippen LogP contribution in [0.2, 0.25) is 0 Å². The molecule has 0 spiro atoms. The normalized spacial score (nSPS) is 21.6. The van der Waals surface area contributed by atoms with Crippen LogP contribution in [0.3, 0.4) is 0 Å². The van der Waals surface area contributed by atoms with Crippen molar-refractivity contribution in [1.82, 2.24) is 5.32 Å².